The van der Waals surface area contributed by atoms with Crippen LogP contribution in [-0.4, -0.2) is 0 Å². The number of benzene rings is 2. The van der Waals surface area contributed by atoms with Gasteiger partial charge < -0.3 is 0 Å². The Morgan fingerprint density at radius 1 is 1.00 bits per heavy atom. The van der Waals surface area contributed by atoms with E-state index < -0.39 is 0 Å². The van der Waals surface area contributed by atoms with Gasteiger partial charge in [-0.3, -0.25) is 0 Å². The van der Waals surface area contributed by atoms with Crippen molar-refractivity contribution in [2.24, 2.45) is 0 Å². The molecule has 2 aromatic carbocycles. The van der Waals surface area contributed by atoms with E-state index in [0.717, 1.165) is 12.0 Å². The van der Waals surface area contributed by atoms with Gasteiger partial charge in [-0.1, -0.05) is 48.6 Å². The van der Waals surface area contributed by atoms with Crippen LogP contribution in [0.2, 0.25) is 0 Å². The Bertz CT molecular complexity index is 569. The van der Waals surface area contributed by atoms with Crippen molar-refractivity contribution >= 4 is 6.08 Å². The molecule has 2 aromatic rings. The summed E-state index contributed by atoms with van der Waals surface area (Å²) in [6.07, 6.45) is 5.25. The van der Waals surface area contributed by atoms with E-state index in [1.54, 1.807) is 12.1 Å². The first-order valence-electron chi connectivity index (χ1n) is 5.85. The molecule has 17 heavy (non-hydrogen) atoms. The highest BCUT2D eigenvalue weighted by Gasteiger charge is 2.18. The zero-order chi connectivity index (χ0) is 11.7. The summed E-state index contributed by atoms with van der Waals surface area (Å²) in [4.78, 5) is 0. The molecular formula is C16H13F. The molecule has 0 nitrogen and oxygen atoms in total. The summed E-state index contributed by atoms with van der Waals surface area (Å²) in [5, 5.41) is 0. The summed E-state index contributed by atoms with van der Waals surface area (Å²) < 4.78 is 13.3. The molecule has 1 heteroatoms. The van der Waals surface area contributed by atoms with Crippen LogP contribution in [-0.2, 0) is 0 Å². The highest BCUT2D eigenvalue weighted by atomic mass is 19.1. The smallest absolute Gasteiger partial charge is 0.123 e. The third kappa shape index (κ3) is 1.89. The summed E-state index contributed by atoms with van der Waals surface area (Å²) in [5.74, 6) is 0.126. The van der Waals surface area contributed by atoms with E-state index in [0.29, 0.717) is 0 Å². The molecule has 84 valence electrons. The Kier molecular flexibility index (Phi) is 2.52. The maximum absolute atomic E-state index is 13.3. The van der Waals surface area contributed by atoms with Crippen LogP contribution in [0.4, 0.5) is 4.39 Å². The Morgan fingerprint density at radius 3 is 2.76 bits per heavy atom. The normalized spacial score (nSPS) is 17.8. The molecule has 1 unspecified atom stereocenters. The van der Waals surface area contributed by atoms with Crippen LogP contribution >= 0.6 is 0 Å². The van der Waals surface area contributed by atoms with E-state index in [4.69, 9.17) is 0 Å². The number of halogens is 1. The van der Waals surface area contributed by atoms with Crippen molar-refractivity contribution < 1.29 is 4.39 Å². The molecule has 1 atom stereocenters. The van der Waals surface area contributed by atoms with Crippen LogP contribution in [0.15, 0.2) is 54.6 Å². The van der Waals surface area contributed by atoms with Gasteiger partial charge in [0.1, 0.15) is 5.82 Å². The molecule has 0 N–H and O–H groups in total. The minimum atomic E-state index is -0.158. The lowest BCUT2D eigenvalue weighted by molar-refractivity contribution is 0.623. The van der Waals surface area contributed by atoms with Crippen molar-refractivity contribution in [1.29, 1.82) is 0 Å². The quantitative estimate of drug-likeness (QED) is 0.674. The largest absolute Gasteiger partial charge is 0.207 e. The van der Waals surface area contributed by atoms with Gasteiger partial charge >= 0.3 is 0 Å². The predicted molar refractivity (Wildman–Crippen MR) is 68.3 cm³/mol. The summed E-state index contributed by atoms with van der Waals surface area (Å²) in [7, 11) is 0. The topological polar surface area (TPSA) is 0 Å². The van der Waals surface area contributed by atoms with Gasteiger partial charge in [-0.2, -0.15) is 0 Å². The predicted octanol–water partition coefficient (Wildman–Crippen LogP) is 4.37. The Labute approximate surface area is 100 Å². The molecule has 0 amide bonds. The number of hydrogen-bond acceptors (Lipinski definition) is 0. The lowest BCUT2D eigenvalue weighted by Gasteiger charge is -2.22. The lowest BCUT2D eigenvalue weighted by Crippen LogP contribution is -2.05. The Balaban J connectivity index is 2.09. The van der Waals surface area contributed by atoms with Crippen LogP contribution in [0.25, 0.3) is 6.08 Å². The van der Waals surface area contributed by atoms with Crippen molar-refractivity contribution in [1.82, 2.24) is 0 Å². The molecule has 0 spiro atoms. The fourth-order valence-corrected chi connectivity index (χ4v) is 2.48. The van der Waals surface area contributed by atoms with Crippen molar-refractivity contribution in [2.45, 2.75) is 12.3 Å². The highest BCUT2D eigenvalue weighted by Crippen LogP contribution is 2.34. The molecule has 0 saturated carbocycles. The highest BCUT2D eigenvalue weighted by molar-refractivity contribution is 5.59. The maximum atomic E-state index is 13.3. The van der Waals surface area contributed by atoms with Gasteiger partial charge in [0.2, 0.25) is 0 Å². The van der Waals surface area contributed by atoms with Crippen molar-refractivity contribution in [2.75, 3.05) is 0 Å². The fourth-order valence-electron chi connectivity index (χ4n) is 2.48. The number of allylic oxidation sites excluding steroid dienone is 1. The second kappa shape index (κ2) is 4.17. The zero-order valence-electron chi connectivity index (χ0n) is 9.44. The SMILES string of the molecule is Fc1cccc(C2CC=Cc3ccccc32)c1. The lowest BCUT2D eigenvalue weighted by atomic mass is 9.82. The first kappa shape index (κ1) is 10.3. The summed E-state index contributed by atoms with van der Waals surface area (Å²) in [5.41, 5.74) is 3.59. The number of hydrogen-bond donors (Lipinski definition) is 0. The standard InChI is InChI=1S/C16H13F/c17-14-8-3-7-13(11-14)16-10-4-6-12-5-1-2-9-15(12)16/h1-9,11,16H,10H2. The molecule has 0 aliphatic heterocycles. The second-order valence-corrected chi connectivity index (χ2v) is 4.37. The van der Waals surface area contributed by atoms with E-state index in [2.05, 4.69) is 24.3 Å². The summed E-state index contributed by atoms with van der Waals surface area (Å²) in [6, 6.07) is 15.2. The third-order valence-corrected chi connectivity index (χ3v) is 3.29. The Hall–Kier alpha value is -1.89. The zero-order valence-corrected chi connectivity index (χ0v) is 9.44. The maximum Gasteiger partial charge on any atom is 0.123 e. The average molecular weight is 224 g/mol. The molecule has 0 aromatic heterocycles. The van der Waals surface area contributed by atoms with Crippen LogP contribution in [0, 0.1) is 5.82 Å². The third-order valence-electron chi connectivity index (χ3n) is 3.29. The monoisotopic (exact) mass is 224 g/mol. The van der Waals surface area contributed by atoms with Crippen LogP contribution in [0.1, 0.15) is 29.0 Å². The first-order valence-corrected chi connectivity index (χ1v) is 5.85. The van der Waals surface area contributed by atoms with Crippen LogP contribution < -0.4 is 0 Å². The molecule has 0 fully saturated rings. The summed E-state index contributed by atoms with van der Waals surface area (Å²) in [6.45, 7) is 0. The number of fused-ring (bicyclic) bond motifs is 1. The van der Waals surface area contributed by atoms with Crippen molar-refractivity contribution in [3.8, 4) is 0 Å². The fraction of sp³-hybridized carbons (Fsp3) is 0.125. The van der Waals surface area contributed by atoms with Gasteiger partial charge in [0, 0.05) is 5.92 Å². The molecule has 1 aliphatic rings. The van der Waals surface area contributed by atoms with E-state index in [-0.39, 0.29) is 11.7 Å². The van der Waals surface area contributed by atoms with E-state index in [1.807, 2.05) is 18.2 Å². The van der Waals surface area contributed by atoms with Gasteiger partial charge in [0.25, 0.3) is 0 Å². The molecule has 0 saturated heterocycles. The van der Waals surface area contributed by atoms with Gasteiger partial charge in [-0.25, -0.2) is 4.39 Å². The van der Waals surface area contributed by atoms with Gasteiger partial charge in [-0.05, 0) is 35.2 Å². The van der Waals surface area contributed by atoms with E-state index in [9.17, 15) is 4.39 Å². The van der Waals surface area contributed by atoms with Gasteiger partial charge in [0.15, 0.2) is 0 Å². The molecule has 1 aliphatic carbocycles. The second-order valence-electron chi connectivity index (χ2n) is 4.37. The number of rotatable bonds is 1. The van der Waals surface area contributed by atoms with Gasteiger partial charge in [0.05, 0.1) is 0 Å². The van der Waals surface area contributed by atoms with E-state index in [1.165, 1.54) is 17.2 Å². The van der Waals surface area contributed by atoms with Crippen molar-refractivity contribution in [3.63, 3.8) is 0 Å². The minimum absolute atomic E-state index is 0.158. The minimum Gasteiger partial charge on any atom is -0.207 e. The molecule has 0 radical (unpaired) electrons. The summed E-state index contributed by atoms with van der Waals surface area (Å²) >= 11 is 0. The first-order chi connectivity index (χ1) is 8.34. The molecule has 0 bridgehead atoms. The van der Waals surface area contributed by atoms with Gasteiger partial charge in [-0.15, -0.1) is 0 Å². The van der Waals surface area contributed by atoms with Crippen LogP contribution in [0.5, 0.6) is 0 Å². The molecule has 3 rings (SSSR count). The van der Waals surface area contributed by atoms with Crippen molar-refractivity contribution in [3.05, 3.63) is 77.1 Å². The average Bonchev–Trinajstić information content (AvgIpc) is 2.38. The Morgan fingerprint density at radius 2 is 1.88 bits per heavy atom. The molecular weight excluding hydrogens is 211 g/mol. The molecule has 0 heterocycles. The van der Waals surface area contributed by atoms with E-state index >= 15 is 0 Å². The van der Waals surface area contributed by atoms with Crippen LogP contribution in [0.3, 0.4) is 0 Å².